The molecule has 0 saturated carbocycles. The molecule has 3 rings (SSSR count). The van der Waals surface area contributed by atoms with Crippen molar-refractivity contribution in [2.75, 3.05) is 11.9 Å². The van der Waals surface area contributed by atoms with Crippen LogP contribution < -0.4 is 14.8 Å². The number of hydrogen-bond acceptors (Lipinski definition) is 5. The Morgan fingerprint density at radius 2 is 1.56 bits per heavy atom. The lowest BCUT2D eigenvalue weighted by atomic mass is 9.87. The van der Waals surface area contributed by atoms with E-state index in [0.717, 1.165) is 17.7 Å². The zero-order chi connectivity index (χ0) is 28.6. The van der Waals surface area contributed by atoms with E-state index >= 15 is 0 Å². The molecule has 0 atom stereocenters. The Morgan fingerprint density at radius 1 is 0.897 bits per heavy atom. The number of rotatable bonds is 10. The summed E-state index contributed by atoms with van der Waals surface area (Å²) in [6, 6.07) is 17.8. The van der Waals surface area contributed by atoms with Crippen molar-refractivity contribution in [2.45, 2.75) is 58.9 Å². The third-order valence-corrected chi connectivity index (χ3v) is 5.79. The molecular formula is C30H32F3NO5. The number of halogens is 3. The van der Waals surface area contributed by atoms with Crippen molar-refractivity contribution in [2.24, 2.45) is 0 Å². The van der Waals surface area contributed by atoms with Crippen molar-refractivity contribution in [3.05, 3.63) is 89.0 Å². The molecule has 0 radical (unpaired) electrons. The lowest BCUT2D eigenvalue weighted by molar-refractivity contribution is -0.274. The van der Waals surface area contributed by atoms with Crippen LogP contribution in [-0.4, -0.2) is 24.8 Å². The van der Waals surface area contributed by atoms with Gasteiger partial charge in [0.1, 0.15) is 18.1 Å². The number of alkyl halides is 3. The molecule has 0 aliphatic carbocycles. The van der Waals surface area contributed by atoms with Crippen LogP contribution in [-0.2, 0) is 28.0 Å². The Kier molecular flexibility index (Phi) is 9.61. The highest BCUT2D eigenvalue weighted by Gasteiger charge is 2.31. The average molecular weight is 544 g/mol. The standard InChI is InChI=1S/C30H32F3NO5/c1-5-37-27(35)17-10-22-18-24(34-28(36)21-8-14-25(15-9-21)39-30(31,32)33)13-16-26(22)38-19-20-6-11-23(12-7-20)29(2,3)4/h6-9,11-16,18H,5,10,17,19H2,1-4H3,(H,34,36). The molecule has 1 amide bonds. The van der Waals surface area contributed by atoms with Crippen LogP contribution in [0.25, 0.3) is 0 Å². The number of nitrogens with one attached hydrogen (secondary N) is 1. The van der Waals surface area contributed by atoms with E-state index in [9.17, 15) is 22.8 Å². The number of amides is 1. The van der Waals surface area contributed by atoms with E-state index in [4.69, 9.17) is 9.47 Å². The highest BCUT2D eigenvalue weighted by Crippen LogP contribution is 2.28. The molecular weight excluding hydrogens is 511 g/mol. The smallest absolute Gasteiger partial charge is 0.489 e. The van der Waals surface area contributed by atoms with Gasteiger partial charge in [0.25, 0.3) is 5.91 Å². The minimum absolute atomic E-state index is 0.0405. The van der Waals surface area contributed by atoms with Gasteiger partial charge in [-0.05, 0) is 77.9 Å². The van der Waals surface area contributed by atoms with Crippen LogP contribution in [0.4, 0.5) is 18.9 Å². The van der Waals surface area contributed by atoms with Crippen LogP contribution in [0.2, 0.25) is 0 Å². The topological polar surface area (TPSA) is 73.9 Å². The first-order valence-corrected chi connectivity index (χ1v) is 12.5. The number of carbonyl (C=O) groups is 2. The van der Waals surface area contributed by atoms with Crippen LogP contribution >= 0.6 is 0 Å². The summed E-state index contributed by atoms with van der Waals surface area (Å²) in [7, 11) is 0. The predicted molar refractivity (Wildman–Crippen MR) is 142 cm³/mol. The number of carbonyl (C=O) groups excluding carboxylic acids is 2. The molecule has 3 aromatic carbocycles. The van der Waals surface area contributed by atoms with E-state index in [-0.39, 0.29) is 30.0 Å². The van der Waals surface area contributed by atoms with Crippen molar-refractivity contribution in [1.29, 1.82) is 0 Å². The zero-order valence-corrected chi connectivity index (χ0v) is 22.4. The normalized spacial score (nSPS) is 11.6. The van der Waals surface area contributed by atoms with Crippen molar-refractivity contribution < 1.29 is 37.0 Å². The number of hydrogen-bond donors (Lipinski definition) is 1. The molecule has 0 fully saturated rings. The van der Waals surface area contributed by atoms with E-state index in [1.54, 1.807) is 25.1 Å². The number of esters is 1. The van der Waals surface area contributed by atoms with Gasteiger partial charge in [-0.1, -0.05) is 45.0 Å². The average Bonchev–Trinajstić information content (AvgIpc) is 2.86. The van der Waals surface area contributed by atoms with E-state index < -0.39 is 18.0 Å². The second-order valence-electron chi connectivity index (χ2n) is 9.89. The first-order valence-electron chi connectivity index (χ1n) is 12.5. The second-order valence-corrected chi connectivity index (χ2v) is 9.89. The quantitative estimate of drug-likeness (QED) is 0.274. The summed E-state index contributed by atoms with van der Waals surface area (Å²) in [5.41, 5.74) is 3.52. The van der Waals surface area contributed by atoms with Crippen LogP contribution in [0.5, 0.6) is 11.5 Å². The lowest BCUT2D eigenvalue weighted by Gasteiger charge is -2.19. The van der Waals surface area contributed by atoms with Crippen molar-refractivity contribution in [3.8, 4) is 11.5 Å². The van der Waals surface area contributed by atoms with Gasteiger partial charge in [-0.25, -0.2) is 0 Å². The molecule has 0 spiro atoms. The summed E-state index contributed by atoms with van der Waals surface area (Å²) in [6.45, 7) is 8.75. The molecule has 208 valence electrons. The fraction of sp³-hybridized carbons (Fsp3) is 0.333. The number of ether oxygens (including phenoxy) is 3. The maximum atomic E-state index is 12.7. The molecule has 0 unspecified atom stereocenters. The molecule has 0 aliphatic rings. The summed E-state index contributed by atoms with van der Waals surface area (Å²) >= 11 is 0. The van der Waals surface area contributed by atoms with Crippen LogP contribution in [0.15, 0.2) is 66.7 Å². The lowest BCUT2D eigenvalue weighted by Crippen LogP contribution is -2.17. The Morgan fingerprint density at radius 3 is 2.15 bits per heavy atom. The van der Waals surface area contributed by atoms with Gasteiger partial charge in [0.2, 0.25) is 0 Å². The van der Waals surface area contributed by atoms with E-state index in [2.05, 4.69) is 43.0 Å². The first-order chi connectivity index (χ1) is 18.3. The van der Waals surface area contributed by atoms with Crippen molar-refractivity contribution in [3.63, 3.8) is 0 Å². The summed E-state index contributed by atoms with van der Waals surface area (Å²) < 4.78 is 52.1. The summed E-state index contributed by atoms with van der Waals surface area (Å²) in [6.07, 6.45) is -4.36. The summed E-state index contributed by atoms with van der Waals surface area (Å²) in [5.74, 6) is -0.727. The van der Waals surface area contributed by atoms with Gasteiger partial charge in [-0.3, -0.25) is 9.59 Å². The largest absolute Gasteiger partial charge is 0.573 e. The van der Waals surface area contributed by atoms with Crippen molar-refractivity contribution in [1.82, 2.24) is 0 Å². The van der Waals surface area contributed by atoms with Crippen LogP contribution in [0.1, 0.15) is 61.2 Å². The fourth-order valence-corrected chi connectivity index (χ4v) is 3.74. The molecule has 9 heteroatoms. The molecule has 0 bridgehead atoms. The van der Waals surface area contributed by atoms with Gasteiger partial charge in [0, 0.05) is 17.7 Å². The van der Waals surface area contributed by atoms with Gasteiger partial charge in [0.05, 0.1) is 6.61 Å². The molecule has 1 N–H and O–H groups in total. The molecule has 39 heavy (non-hydrogen) atoms. The third kappa shape index (κ3) is 9.35. The third-order valence-electron chi connectivity index (χ3n) is 5.79. The minimum Gasteiger partial charge on any atom is -0.489 e. The summed E-state index contributed by atoms with van der Waals surface area (Å²) in [5, 5.41) is 2.73. The molecule has 6 nitrogen and oxygen atoms in total. The highest BCUT2D eigenvalue weighted by atomic mass is 19.4. The first kappa shape index (κ1) is 29.5. The maximum Gasteiger partial charge on any atom is 0.573 e. The Labute approximate surface area is 226 Å². The van der Waals surface area contributed by atoms with Gasteiger partial charge in [-0.2, -0.15) is 0 Å². The highest BCUT2D eigenvalue weighted by molar-refractivity contribution is 6.04. The zero-order valence-electron chi connectivity index (χ0n) is 22.4. The monoisotopic (exact) mass is 543 g/mol. The molecule has 0 aromatic heterocycles. The van der Waals surface area contributed by atoms with Crippen LogP contribution in [0, 0.1) is 0 Å². The molecule has 3 aromatic rings. The fourth-order valence-electron chi connectivity index (χ4n) is 3.74. The minimum atomic E-state index is -4.82. The SMILES string of the molecule is CCOC(=O)CCc1cc(NC(=O)c2ccc(OC(F)(F)F)cc2)ccc1OCc1ccc(C(C)(C)C)cc1. The van der Waals surface area contributed by atoms with Gasteiger partial charge >= 0.3 is 12.3 Å². The molecule has 0 heterocycles. The van der Waals surface area contributed by atoms with Crippen molar-refractivity contribution >= 4 is 17.6 Å². The van der Waals surface area contributed by atoms with Gasteiger partial charge in [-0.15, -0.1) is 13.2 Å². The number of benzene rings is 3. The Balaban J connectivity index is 1.73. The molecule has 0 saturated heterocycles. The maximum absolute atomic E-state index is 12.7. The van der Waals surface area contributed by atoms with Gasteiger partial charge < -0.3 is 19.5 Å². The predicted octanol–water partition coefficient (Wildman–Crippen LogP) is 7.21. The second kappa shape index (κ2) is 12.7. The van der Waals surface area contributed by atoms with Crippen LogP contribution in [0.3, 0.4) is 0 Å². The number of anilines is 1. The Hall–Kier alpha value is -4.01. The molecule has 0 aliphatic heterocycles. The summed E-state index contributed by atoms with van der Waals surface area (Å²) in [4.78, 5) is 24.7. The van der Waals surface area contributed by atoms with E-state index in [0.29, 0.717) is 30.0 Å². The van der Waals surface area contributed by atoms with Gasteiger partial charge in [0.15, 0.2) is 0 Å². The van der Waals surface area contributed by atoms with E-state index in [1.807, 2.05) is 12.1 Å². The Bertz CT molecular complexity index is 1260. The van der Waals surface area contributed by atoms with E-state index in [1.165, 1.54) is 17.7 Å². The number of aryl methyl sites for hydroxylation is 1.